The normalized spacial score (nSPS) is 25.0. The number of morpholine rings is 1. The molecule has 3 heterocycles. The molecule has 2 aliphatic heterocycles. The predicted octanol–water partition coefficient (Wildman–Crippen LogP) is 0.282. The molecule has 1 aromatic heterocycles. The standard InChI is InChI=1S/C17H28N4O5S2/c1-12-15(14(3)26-19-12)28(23,24)20-13(2)16(22)18-10-17(4-9-27-11-17)21-5-7-25-8-6-21/h13,20H,4-11H2,1-3H3,(H,18,22)/t13-,17?/m0/s1. The Kier molecular flexibility index (Phi) is 6.70. The molecule has 158 valence electrons. The van der Waals surface area contributed by atoms with Gasteiger partial charge in [-0.15, -0.1) is 0 Å². The van der Waals surface area contributed by atoms with E-state index in [1.54, 1.807) is 6.92 Å². The molecule has 1 unspecified atom stereocenters. The van der Waals surface area contributed by atoms with E-state index >= 15 is 0 Å². The van der Waals surface area contributed by atoms with Gasteiger partial charge in [-0.3, -0.25) is 9.69 Å². The summed E-state index contributed by atoms with van der Waals surface area (Å²) in [7, 11) is -3.89. The van der Waals surface area contributed by atoms with Crippen molar-refractivity contribution in [1.29, 1.82) is 0 Å². The largest absolute Gasteiger partial charge is 0.379 e. The summed E-state index contributed by atoms with van der Waals surface area (Å²) in [5.74, 6) is 1.86. The summed E-state index contributed by atoms with van der Waals surface area (Å²) in [5.41, 5.74) is 0.177. The number of aromatic nitrogens is 1. The fourth-order valence-electron chi connectivity index (χ4n) is 3.74. The van der Waals surface area contributed by atoms with E-state index in [0.717, 1.165) is 31.0 Å². The highest BCUT2D eigenvalue weighted by molar-refractivity contribution is 7.99. The molecule has 9 nitrogen and oxygen atoms in total. The van der Waals surface area contributed by atoms with Crippen LogP contribution in [-0.2, 0) is 19.6 Å². The summed E-state index contributed by atoms with van der Waals surface area (Å²) in [6.07, 6.45) is 0.997. The highest BCUT2D eigenvalue weighted by Crippen LogP contribution is 2.33. The first-order valence-electron chi connectivity index (χ1n) is 9.39. The highest BCUT2D eigenvalue weighted by Gasteiger charge is 2.41. The lowest BCUT2D eigenvalue weighted by Crippen LogP contribution is -2.60. The van der Waals surface area contributed by atoms with E-state index in [2.05, 4.69) is 20.1 Å². The molecule has 0 bridgehead atoms. The molecule has 0 radical (unpaired) electrons. The number of carbonyl (C=O) groups excluding carboxylic acids is 1. The second-order valence-electron chi connectivity index (χ2n) is 7.34. The Morgan fingerprint density at radius 2 is 2.07 bits per heavy atom. The third-order valence-corrected chi connectivity index (χ3v) is 8.34. The number of sulfonamides is 1. The van der Waals surface area contributed by atoms with Crippen LogP contribution in [0.5, 0.6) is 0 Å². The van der Waals surface area contributed by atoms with Crippen LogP contribution in [0.3, 0.4) is 0 Å². The van der Waals surface area contributed by atoms with Gasteiger partial charge < -0.3 is 14.6 Å². The van der Waals surface area contributed by atoms with Gasteiger partial charge in [-0.05, 0) is 32.9 Å². The Bertz CT molecular complexity index is 779. The minimum absolute atomic E-state index is 0.0101. The van der Waals surface area contributed by atoms with E-state index in [-0.39, 0.29) is 27.8 Å². The SMILES string of the molecule is Cc1noc(C)c1S(=O)(=O)N[C@@H](C)C(=O)NCC1(N2CCOCC2)CCSC1. The van der Waals surface area contributed by atoms with E-state index in [1.807, 2.05) is 11.8 Å². The summed E-state index contributed by atoms with van der Waals surface area (Å²) < 4.78 is 38.0. The van der Waals surface area contributed by atoms with Gasteiger partial charge in [0.1, 0.15) is 10.6 Å². The number of carbonyl (C=O) groups is 1. The monoisotopic (exact) mass is 432 g/mol. The summed E-state index contributed by atoms with van der Waals surface area (Å²) >= 11 is 1.88. The summed E-state index contributed by atoms with van der Waals surface area (Å²) in [6.45, 7) is 8.23. The maximum atomic E-state index is 12.6. The molecule has 0 spiro atoms. The van der Waals surface area contributed by atoms with Gasteiger partial charge in [0.2, 0.25) is 15.9 Å². The van der Waals surface area contributed by atoms with Crippen LogP contribution in [0.1, 0.15) is 24.8 Å². The van der Waals surface area contributed by atoms with Crippen molar-refractivity contribution in [2.75, 3.05) is 44.4 Å². The summed E-state index contributed by atoms with van der Waals surface area (Å²) in [6, 6.07) is -0.908. The third kappa shape index (κ3) is 4.54. The van der Waals surface area contributed by atoms with Gasteiger partial charge in [0.05, 0.1) is 19.3 Å². The van der Waals surface area contributed by atoms with Gasteiger partial charge in [0, 0.05) is 30.9 Å². The van der Waals surface area contributed by atoms with Crippen molar-refractivity contribution in [3.8, 4) is 0 Å². The molecule has 2 fully saturated rings. The molecule has 3 rings (SSSR count). The van der Waals surface area contributed by atoms with Crippen LogP contribution in [0.15, 0.2) is 9.42 Å². The van der Waals surface area contributed by atoms with E-state index in [9.17, 15) is 13.2 Å². The van der Waals surface area contributed by atoms with Crippen LogP contribution in [0.2, 0.25) is 0 Å². The number of aryl methyl sites for hydroxylation is 2. The van der Waals surface area contributed by atoms with Crippen LogP contribution in [0, 0.1) is 13.8 Å². The second-order valence-corrected chi connectivity index (χ2v) is 10.1. The van der Waals surface area contributed by atoms with Crippen molar-refractivity contribution in [2.45, 2.75) is 43.7 Å². The highest BCUT2D eigenvalue weighted by atomic mass is 32.2. The maximum absolute atomic E-state index is 12.6. The molecule has 1 amide bonds. The topological polar surface area (TPSA) is 114 Å². The number of amides is 1. The van der Waals surface area contributed by atoms with Crippen molar-refractivity contribution >= 4 is 27.7 Å². The number of ether oxygens (including phenoxy) is 1. The van der Waals surface area contributed by atoms with Gasteiger partial charge in [-0.1, -0.05) is 5.16 Å². The zero-order valence-electron chi connectivity index (χ0n) is 16.5. The number of hydrogen-bond donors (Lipinski definition) is 2. The van der Waals surface area contributed by atoms with Gasteiger partial charge in [-0.25, -0.2) is 8.42 Å². The van der Waals surface area contributed by atoms with Gasteiger partial charge in [-0.2, -0.15) is 16.5 Å². The molecule has 28 heavy (non-hydrogen) atoms. The average Bonchev–Trinajstić information content (AvgIpc) is 3.27. The van der Waals surface area contributed by atoms with E-state index < -0.39 is 16.1 Å². The first-order valence-corrected chi connectivity index (χ1v) is 12.0. The van der Waals surface area contributed by atoms with E-state index in [1.165, 1.54) is 13.8 Å². The smallest absolute Gasteiger partial charge is 0.246 e. The van der Waals surface area contributed by atoms with Gasteiger partial charge in [0.25, 0.3) is 0 Å². The molecule has 2 N–H and O–H groups in total. The van der Waals surface area contributed by atoms with Crippen LogP contribution in [0.4, 0.5) is 0 Å². The first-order chi connectivity index (χ1) is 13.3. The Labute approximate surface area is 170 Å². The lowest BCUT2D eigenvalue weighted by Gasteiger charge is -2.43. The van der Waals surface area contributed by atoms with E-state index in [4.69, 9.17) is 9.26 Å². The van der Waals surface area contributed by atoms with Crippen molar-refractivity contribution in [1.82, 2.24) is 20.1 Å². The van der Waals surface area contributed by atoms with Crippen molar-refractivity contribution < 1.29 is 22.5 Å². The predicted molar refractivity (Wildman–Crippen MR) is 106 cm³/mol. The molecule has 11 heteroatoms. The number of nitrogens with one attached hydrogen (secondary N) is 2. The molecule has 1 aromatic rings. The fourth-order valence-corrected chi connectivity index (χ4v) is 6.75. The number of rotatable bonds is 7. The minimum Gasteiger partial charge on any atom is -0.379 e. The minimum atomic E-state index is -3.89. The number of nitrogens with zero attached hydrogens (tertiary/aromatic N) is 2. The molecular formula is C17H28N4O5S2. The lowest BCUT2D eigenvalue weighted by atomic mass is 9.95. The number of hydrogen-bond acceptors (Lipinski definition) is 8. The Morgan fingerprint density at radius 3 is 2.64 bits per heavy atom. The molecule has 0 saturated carbocycles. The lowest BCUT2D eigenvalue weighted by molar-refractivity contribution is -0.123. The van der Waals surface area contributed by atoms with Crippen LogP contribution in [0.25, 0.3) is 0 Å². The molecule has 2 atom stereocenters. The molecule has 0 aromatic carbocycles. The molecule has 0 aliphatic carbocycles. The fraction of sp³-hybridized carbons (Fsp3) is 0.765. The zero-order chi connectivity index (χ0) is 20.4. The number of thioether (sulfide) groups is 1. The Balaban J connectivity index is 1.62. The summed E-state index contributed by atoms with van der Waals surface area (Å²) in [5, 5.41) is 6.63. The summed E-state index contributed by atoms with van der Waals surface area (Å²) in [4.78, 5) is 15.0. The van der Waals surface area contributed by atoms with Crippen LogP contribution >= 0.6 is 11.8 Å². The van der Waals surface area contributed by atoms with E-state index in [0.29, 0.717) is 19.8 Å². The average molecular weight is 433 g/mol. The maximum Gasteiger partial charge on any atom is 0.246 e. The van der Waals surface area contributed by atoms with Gasteiger partial charge >= 0.3 is 0 Å². The Morgan fingerprint density at radius 1 is 1.36 bits per heavy atom. The van der Waals surface area contributed by atoms with Crippen LogP contribution in [-0.4, -0.2) is 80.3 Å². The third-order valence-electron chi connectivity index (χ3n) is 5.32. The molecule has 2 saturated heterocycles. The molecular weight excluding hydrogens is 404 g/mol. The molecule has 2 aliphatic rings. The zero-order valence-corrected chi connectivity index (χ0v) is 18.1. The second kappa shape index (κ2) is 8.70. The van der Waals surface area contributed by atoms with Gasteiger partial charge in [0.15, 0.2) is 5.76 Å². The van der Waals surface area contributed by atoms with Crippen molar-refractivity contribution in [3.63, 3.8) is 0 Å². The first kappa shape index (κ1) is 21.6. The quantitative estimate of drug-likeness (QED) is 0.632. The van der Waals surface area contributed by atoms with Crippen LogP contribution < -0.4 is 10.0 Å². The Hall–Kier alpha value is -1.14. The van der Waals surface area contributed by atoms with Crippen molar-refractivity contribution in [2.24, 2.45) is 0 Å². The van der Waals surface area contributed by atoms with Crippen molar-refractivity contribution in [3.05, 3.63) is 11.5 Å².